The van der Waals surface area contributed by atoms with Gasteiger partial charge in [0.25, 0.3) is 5.91 Å². The van der Waals surface area contributed by atoms with Gasteiger partial charge >= 0.3 is 6.18 Å². The first-order chi connectivity index (χ1) is 15.7. The van der Waals surface area contributed by atoms with Gasteiger partial charge in [-0.3, -0.25) is 4.79 Å². The molecule has 2 fully saturated rings. The predicted molar refractivity (Wildman–Crippen MR) is 111 cm³/mol. The van der Waals surface area contributed by atoms with Gasteiger partial charge in [0.2, 0.25) is 5.89 Å². The van der Waals surface area contributed by atoms with Crippen LogP contribution in [-0.2, 0) is 6.18 Å². The van der Waals surface area contributed by atoms with Crippen LogP contribution in [0.15, 0.2) is 47.3 Å². The summed E-state index contributed by atoms with van der Waals surface area (Å²) in [6.45, 7) is 0. The van der Waals surface area contributed by atoms with Crippen LogP contribution in [0.25, 0.3) is 11.5 Å². The van der Waals surface area contributed by atoms with E-state index < -0.39 is 17.6 Å². The number of carbonyl (C=O) groups excluding carboxylic acids is 1. The van der Waals surface area contributed by atoms with Crippen molar-refractivity contribution in [1.29, 1.82) is 0 Å². The summed E-state index contributed by atoms with van der Waals surface area (Å²) < 4.78 is 58.5. The Labute approximate surface area is 190 Å². The van der Waals surface area contributed by atoms with Crippen molar-refractivity contribution in [2.45, 2.75) is 43.6 Å². The quantitative estimate of drug-likeness (QED) is 0.506. The molecule has 11 heteroatoms. The Morgan fingerprint density at radius 2 is 2.06 bits per heavy atom. The van der Waals surface area contributed by atoms with Gasteiger partial charge in [-0.2, -0.15) is 13.2 Å². The predicted octanol–water partition coefficient (Wildman–Crippen LogP) is 5.41. The molecule has 4 heterocycles. The van der Waals surface area contributed by atoms with Crippen LogP contribution in [0, 0.1) is 5.82 Å². The first-order valence-electron chi connectivity index (χ1n) is 10.2. The topological polar surface area (TPSA) is 71.3 Å². The molecule has 2 aliphatic heterocycles. The number of benzene rings is 1. The molecule has 1 N–H and O–H groups in total. The Balaban J connectivity index is 1.40. The van der Waals surface area contributed by atoms with E-state index in [9.17, 15) is 22.4 Å². The van der Waals surface area contributed by atoms with Gasteiger partial charge in [0.1, 0.15) is 17.9 Å². The average Bonchev–Trinajstić information content (AvgIpc) is 3.50. The maximum absolute atomic E-state index is 14.6. The molecule has 5 rings (SSSR count). The average molecular weight is 481 g/mol. The van der Waals surface area contributed by atoms with E-state index in [4.69, 9.17) is 16.0 Å². The number of alkyl halides is 3. The van der Waals surface area contributed by atoms with E-state index in [0.29, 0.717) is 12.8 Å². The molecule has 2 saturated heterocycles. The van der Waals surface area contributed by atoms with Crippen molar-refractivity contribution in [2.24, 2.45) is 0 Å². The second-order valence-corrected chi connectivity index (χ2v) is 8.46. The lowest BCUT2D eigenvalue weighted by molar-refractivity contribution is -0.137. The molecule has 2 aromatic heterocycles. The van der Waals surface area contributed by atoms with Gasteiger partial charge in [-0.05, 0) is 37.5 Å². The monoisotopic (exact) mass is 480 g/mol. The van der Waals surface area contributed by atoms with Gasteiger partial charge in [-0.1, -0.05) is 17.7 Å². The smallest absolute Gasteiger partial charge is 0.417 e. The highest BCUT2D eigenvalue weighted by molar-refractivity contribution is 6.33. The van der Waals surface area contributed by atoms with Crippen LogP contribution in [0.1, 0.15) is 35.2 Å². The molecule has 1 amide bonds. The number of nitrogens with one attached hydrogen (secondary N) is 1. The highest BCUT2D eigenvalue weighted by Gasteiger charge is 2.49. The minimum absolute atomic E-state index is 0.00393. The van der Waals surface area contributed by atoms with Crippen molar-refractivity contribution in [2.75, 3.05) is 5.32 Å². The number of pyridine rings is 1. The fourth-order valence-corrected chi connectivity index (χ4v) is 4.96. The number of aromatic nitrogens is 2. The molecule has 1 aromatic carbocycles. The van der Waals surface area contributed by atoms with Crippen molar-refractivity contribution in [3.8, 4) is 11.5 Å². The number of anilines is 1. The van der Waals surface area contributed by atoms with Gasteiger partial charge < -0.3 is 14.6 Å². The number of hydrogen-bond acceptors (Lipinski definition) is 5. The number of oxazole rings is 1. The Morgan fingerprint density at radius 3 is 2.76 bits per heavy atom. The Hall–Kier alpha value is -3.14. The van der Waals surface area contributed by atoms with Crippen LogP contribution in [0.4, 0.5) is 23.4 Å². The van der Waals surface area contributed by atoms with Crippen molar-refractivity contribution >= 4 is 23.3 Å². The van der Waals surface area contributed by atoms with E-state index in [1.54, 1.807) is 4.90 Å². The van der Waals surface area contributed by atoms with E-state index in [1.807, 2.05) is 0 Å². The van der Waals surface area contributed by atoms with E-state index in [2.05, 4.69) is 15.3 Å². The maximum atomic E-state index is 14.6. The number of carbonyl (C=O) groups is 1. The first kappa shape index (κ1) is 21.7. The second-order valence-electron chi connectivity index (χ2n) is 8.05. The summed E-state index contributed by atoms with van der Waals surface area (Å²) in [6, 6.07) is 4.43. The lowest BCUT2D eigenvalue weighted by Crippen LogP contribution is -2.40. The lowest BCUT2D eigenvalue weighted by Gasteiger charge is -2.26. The number of halogens is 5. The molecule has 6 nitrogen and oxygen atoms in total. The third-order valence-electron chi connectivity index (χ3n) is 6.15. The summed E-state index contributed by atoms with van der Waals surface area (Å²) >= 11 is 6.04. The zero-order chi connectivity index (χ0) is 23.3. The molecule has 3 unspecified atom stereocenters. The molecular formula is C22H17ClF4N4O2. The molecule has 3 atom stereocenters. The number of hydrogen-bond donors (Lipinski definition) is 1. The molecule has 3 aromatic rings. The highest BCUT2D eigenvalue weighted by Crippen LogP contribution is 2.42. The number of nitrogens with zero attached hydrogens (tertiary/aromatic N) is 3. The van der Waals surface area contributed by atoms with Crippen LogP contribution in [0.5, 0.6) is 0 Å². The van der Waals surface area contributed by atoms with E-state index in [-0.39, 0.29) is 51.9 Å². The van der Waals surface area contributed by atoms with Gasteiger partial charge in [-0.25, -0.2) is 14.4 Å². The van der Waals surface area contributed by atoms with Gasteiger partial charge in [0, 0.05) is 18.3 Å². The van der Waals surface area contributed by atoms with Crippen molar-refractivity contribution in [3.63, 3.8) is 0 Å². The van der Waals surface area contributed by atoms with Crippen LogP contribution >= 0.6 is 11.6 Å². The van der Waals surface area contributed by atoms with Gasteiger partial charge in [-0.15, -0.1) is 0 Å². The molecule has 0 radical (unpaired) electrons. The Kier molecular flexibility index (Phi) is 5.27. The van der Waals surface area contributed by atoms with Gasteiger partial charge in [0.05, 0.1) is 34.0 Å². The van der Waals surface area contributed by atoms with Crippen LogP contribution in [-0.4, -0.2) is 38.9 Å². The van der Waals surface area contributed by atoms with E-state index in [0.717, 1.165) is 18.7 Å². The fraction of sp³-hybridized carbons (Fsp3) is 0.318. The summed E-state index contributed by atoms with van der Waals surface area (Å²) in [5.74, 6) is -0.838. The van der Waals surface area contributed by atoms with Crippen LogP contribution in [0.2, 0.25) is 5.02 Å². The molecule has 2 bridgehead atoms. The summed E-state index contributed by atoms with van der Waals surface area (Å²) in [4.78, 5) is 23.0. The van der Waals surface area contributed by atoms with Crippen molar-refractivity contribution in [3.05, 3.63) is 64.9 Å². The third-order valence-corrected chi connectivity index (χ3v) is 6.44. The van der Waals surface area contributed by atoms with Crippen LogP contribution in [0.3, 0.4) is 0 Å². The third kappa shape index (κ3) is 3.82. The summed E-state index contributed by atoms with van der Waals surface area (Å²) in [6.07, 6.45) is 0.879. The summed E-state index contributed by atoms with van der Waals surface area (Å²) in [5.41, 5.74) is -0.801. The summed E-state index contributed by atoms with van der Waals surface area (Å²) in [7, 11) is 0. The molecule has 33 heavy (non-hydrogen) atoms. The minimum atomic E-state index is -4.55. The van der Waals surface area contributed by atoms with Crippen LogP contribution < -0.4 is 5.32 Å². The molecule has 172 valence electrons. The standard InChI is InChI=1S/C22H17ClF4N4O2/c23-14-8-11(22(25,26)27)10-29-19(14)30-16-9-12-4-5-17(16)31(12)21(32)13-2-1-3-15(24)18(13)20-28-6-7-33-20/h1-3,6-8,10,12,16-17H,4-5,9H2,(H,29,30). The molecule has 0 aliphatic carbocycles. The molecular weight excluding hydrogens is 464 g/mol. The number of amides is 1. The SMILES string of the molecule is O=C(c1cccc(F)c1-c1ncco1)N1C2CCC1C(Nc1ncc(C(F)(F)F)cc1Cl)C2. The zero-order valence-electron chi connectivity index (χ0n) is 16.9. The van der Waals surface area contributed by atoms with E-state index in [1.165, 1.54) is 30.7 Å². The minimum Gasteiger partial charge on any atom is -0.444 e. The Morgan fingerprint density at radius 1 is 1.24 bits per heavy atom. The molecule has 0 saturated carbocycles. The zero-order valence-corrected chi connectivity index (χ0v) is 17.7. The molecule has 0 spiro atoms. The lowest BCUT2D eigenvalue weighted by atomic mass is 9.95. The molecule has 2 aliphatic rings. The Bertz CT molecular complexity index is 1200. The largest absolute Gasteiger partial charge is 0.444 e. The highest BCUT2D eigenvalue weighted by atomic mass is 35.5. The van der Waals surface area contributed by atoms with Crippen molar-refractivity contribution in [1.82, 2.24) is 14.9 Å². The first-order valence-corrected chi connectivity index (χ1v) is 10.6. The normalized spacial score (nSPS) is 22.1. The van der Waals surface area contributed by atoms with Gasteiger partial charge in [0.15, 0.2) is 0 Å². The summed E-state index contributed by atoms with van der Waals surface area (Å²) in [5, 5.41) is 2.95. The van der Waals surface area contributed by atoms with Crippen molar-refractivity contribution < 1.29 is 26.8 Å². The second kappa shape index (κ2) is 8.02. The fourth-order valence-electron chi connectivity index (χ4n) is 4.74. The van der Waals surface area contributed by atoms with E-state index >= 15 is 0 Å². The number of rotatable bonds is 4. The maximum Gasteiger partial charge on any atom is 0.417 e. The number of fused-ring (bicyclic) bond motifs is 2.